The summed E-state index contributed by atoms with van der Waals surface area (Å²) in [5, 5.41) is 0. The number of sulfonamides is 1. The molecule has 35 heavy (non-hydrogen) atoms. The van der Waals surface area contributed by atoms with Crippen molar-refractivity contribution in [3.8, 4) is 0 Å². The van der Waals surface area contributed by atoms with Gasteiger partial charge in [-0.05, 0) is 59.7 Å². The number of fused-ring (bicyclic) bond motifs is 1. The molecule has 0 aromatic heterocycles. The molecular weight excluding hydrogens is 456 g/mol. The number of carbonyl (C=O) groups is 1. The fourth-order valence-corrected chi connectivity index (χ4v) is 6.63. The van der Waals surface area contributed by atoms with Crippen molar-refractivity contribution in [1.29, 1.82) is 0 Å². The Morgan fingerprint density at radius 2 is 1.51 bits per heavy atom. The van der Waals surface area contributed by atoms with Crippen molar-refractivity contribution in [2.75, 3.05) is 19.6 Å². The van der Waals surface area contributed by atoms with Crippen LogP contribution in [0.25, 0.3) is 0 Å². The van der Waals surface area contributed by atoms with Gasteiger partial charge in [0.2, 0.25) is 10.0 Å². The first kappa shape index (κ1) is 23.9. The molecule has 0 aliphatic carbocycles. The minimum atomic E-state index is -3.45. The lowest BCUT2D eigenvalue weighted by Gasteiger charge is -2.28. The van der Waals surface area contributed by atoms with Crippen molar-refractivity contribution >= 4 is 15.8 Å². The third-order valence-electron chi connectivity index (χ3n) is 7.11. The van der Waals surface area contributed by atoms with E-state index in [1.807, 2.05) is 18.2 Å². The van der Waals surface area contributed by atoms with Crippen LogP contribution in [-0.2, 0) is 36.0 Å². The van der Waals surface area contributed by atoms with Crippen molar-refractivity contribution in [3.05, 3.63) is 101 Å². The second-order valence-corrected chi connectivity index (χ2v) is 11.6. The Morgan fingerprint density at radius 3 is 2.29 bits per heavy atom. The highest BCUT2D eigenvalue weighted by molar-refractivity contribution is 7.89. The van der Waals surface area contributed by atoms with E-state index in [0.717, 1.165) is 56.4 Å². The number of hydrogen-bond donors (Lipinski definition) is 0. The van der Waals surface area contributed by atoms with Gasteiger partial charge in [0.15, 0.2) is 5.78 Å². The van der Waals surface area contributed by atoms with Crippen molar-refractivity contribution in [2.24, 2.45) is 0 Å². The molecule has 2 aliphatic heterocycles. The molecule has 0 N–H and O–H groups in total. The number of Topliss-reactive ketones (excluding diaryl/α,β-unsaturated/α-hetero) is 1. The summed E-state index contributed by atoms with van der Waals surface area (Å²) < 4.78 is 27.3. The highest BCUT2D eigenvalue weighted by atomic mass is 32.2. The molecule has 0 spiro atoms. The third-order valence-corrected chi connectivity index (χ3v) is 9.02. The minimum absolute atomic E-state index is 0.0440. The number of ketones is 1. The fraction of sp³-hybridized carbons (Fsp3) is 0.345. The van der Waals surface area contributed by atoms with Gasteiger partial charge in [0.1, 0.15) is 0 Å². The number of benzene rings is 3. The lowest BCUT2D eigenvalue weighted by Crippen LogP contribution is -2.35. The van der Waals surface area contributed by atoms with Crippen LogP contribution in [0.4, 0.5) is 0 Å². The standard InChI is InChI=1S/C29H32N2O3S/c32-29(20-23-11-13-28(14-12-23)35(33,34)31-16-4-1-5-17-31)26-10-6-7-24(19-26)21-30-18-15-25-8-2-3-9-27(25)22-30/h2-3,6-14,19H,1,4-5,15-18,20-22H2. The first-order valence-electron chi connectivity index (χ1n) is 12.5. The molecule has 6 heteroatoms. The quantitative estimate of drug-likeness (QED) is 0.447. The Hall–Kier alpha value is -2.80. The summed E-state index contributed by atoms with van der Waals surface area (Å²) in [6.45, 7) is 3.94. The summed E-state index contributed by atoms with van der Waals surface area (Å²) in [4.78, 5) is 15.7. The van der Waals surface area contributed by atoms with Crippen LogP contribution in [0.1, 0.15) is 51.9 Å². The van der Waals surface area contributed by atoms with Crippen molar-refractivity contribution in [2.45, 2.75) is 50.1 Å². The first-order valence-corrected chi connectivity index (χ1v) is 13.9. The predicted molar refractivity (Wildman–Crippen MR) is 138 cm³/mol. The molecule has 0 bridgehead atoms. The normalized spacial score (nSPS) is 17.1. The maximum absolute atomic E-state index is 13.0. The molecule has 182 valence electrons. The maximum atomic E-state index is 13.0. The molecule has 0 radical (unpaired) electrons. The average Bonchev–Trinajstić information content (AvgIpc) is 2.89. The summed E-state index contributed by atoms with van der Waals surface area (Å²) in [6, 6.07) is 23.3. The van der Waals surface area contributed by atoms with Gasteiger partial charge in [0.25, 0.3) is 0 Å². The van der Waals surface area contributed by atoms with E-state index < -0.39 is 10.0 Å². The highest BCUT2D eigenvalue weighted by Crippen LogP contribution is 2.23. The van der Waals surface area contributed by atoms with Crippen LogP contribution in [0.5, 0.6) is 0 Å². The van der Waals surface area contributed by atoms with Gasteiger partial charge in [-0.25, -0.2) is 8.42 Å². The van der Waals surface area contributed by atoms with Gasteiger partial charge in [-0.15, -0.1) is 0 Å². The smallest absolute Gasteiger partial charge is 0.243 e. The van der Waals surface area contributed by atoms with E-state index >= 15 is 0 Å². The van der Waals surface area contributed by atoms with E-state index in [-0.39, 0.29) is 12.2 Å². The van der Waals surface area contributed by atoms with Crippen LogP contribution in [0.2, 0.25) is 0 Å². The van der Waals surface area contributed by atoms with Gasteiger partial charge in [0, 0.05) is 44.7 Å². The summed E-state index contributed by atoms with van der Waals surface area (Å²) in [5.74, 6) is 0.0440. The van der Waals surface area contributed by atoms with Crippen LogP contribution >= 0.6 is 0 Å². The second kappa shape index (κ2) is 10.4. The number of nitrogens with zero attached hydrogens (tertiary/aromatic N) is 2. The van der Waals surface area contributed by atoms with Crippen LogP contribution in [0, 0.1) is 0 Å². The number of hydrogen-bond acceptors (Lipinski definition) is 4. The number of rotatable bonds is 7. The molecule has 5 rings (SSSR count). The summed E-state index contributed by atoms with van der Waals surface area (Å²) in [7, 11) is -3.45. The molecule has 0 saturated carbocycles. The Kier molecular flexibility index (Phi) is 7.14. The van der Waals surface area contributed by atoms with Crippen molar-refractivity contribution in [1.82, 2.24) is 9.21 Å². The van der Waals surface area contributed by atoms with Crippen molar-refractivity contribution < 1.29 is 13.2 Å². The molecule has 2 heterocycles. The van der Waals surface area contributed by atoms with Crippen molar-refractivity contribution in [3.63, 3.8) is 0 Å². The zero-order chi connectivity index (χ0) is 24.3. The van der Waals surface area contributed by atoms with E-state index in [4.69, 9.17) is 0 Å². The molecule has 1 saturated heterocycles. The van der Waals surface area contributed by atoms with Gasteiger partial charge >= 0.3 is 0 Å². The van der Waals surface area contributed by atoms with Crippen LogP contribution < -0.4 is 0 Å². The average molecular weight is 489 g/mol. The van der Waals surface area contributed by atoms with E-state index in [0.29, 0.717) is 23.5 Å². The zero-order valence-corrected chi connectivity index (χ0v) is 20.8. The van der Waals surface area contributed by atoms with E-state index in [1.54, 1.807) is 28.6 Å². The Bertz CT molecular complexity index is 1300. The molecule has 5 nitrogen and oxygen atoms in total. The van der Waals surface area contributed by atoms with E-state index in [2.05, 4.69) is 35.2 Å². The monoisotopic (exact) mass is 488 g/mol. The highest BCUT2D eigenvalue weighted by Gasteiger charge is 2.25. The molecule has 3 aromatic carbocycles. The second-order valence-electron chi connectivity index (χ2n) is 9.64. The molecular formula is C29H32N2O3S. The van der Waals surface area contributed by atoms with Gasteiger partial charge in [-0.3, -0.25) is 9.69 Å². The zero-order valence-electron chi connectivity index (χ0n) is 20.0. The number of carbonyl (C=O) groups excluding carboxylic acids is 1. The predicted octanol–water partition coefficient (Wildman–Crippen LogP) is 4.84. The number of piperidine rings is 1. The maximum Gasteiger partial charge on any atom is 0.243 e. The fourth-order valence-electron chi connectivity index (χ4n) is 5.11. The van der Waals surface area contributed by atoms with E-state index in [9.17, 15) is 13.2 Å². The summed E-state index contributed by atoms with van der Waals surface area (Å²) in [5.41, 5.74) is 5.48. The molecule has 2 aliphatic rings. The van der Waals surface area contributed by atoms with Crippen LogP contribution in [-0.4, -0.2) is 43.0 Å². The van der Waals surface area contributed by atoms with Gasteiger partial charge in [-0.2, -0.15) is 4.31 Å². The van der Waals surface area contributed by atoms with Gasteiger partial charge in [0.05, 0.1) is 4.90 Å². The Labute approximate surface area is 208 Å². The molecule has 0 amide bonds. The largest absolute Gasteiger partial charge is 0.294 e. The van der Waals surface area contributed by atoms with E-state index in [1.165, 1.54) is 11.1 Å². The van der Waals surface area contributed by atoms with Gasteiger partial charge in [-0.1, -0.05) is 61.0 Å². The van der Waals surface area contributed by atoms with Crippen LogP contribution in [0.15, 0.2) is 77.7 Å². The SMILES string of the molecule is O=C(Cc1ccc(S(=O)(=O)N2CCCCC2)cc1)c1cccc(CN2CCc3ccccc3C2)c1. The molecule has 0 atom stereocenters. The Balaban J connectivity index is 1.22. The minimum Gasteiger partial charge on any atom is -0.294 e. The first-order chi connectivity index (χ1) is 17.0. The van der Waals surface area contributed by atoms with Gasteiger partial charge < -0.3 is 0 Å². The molecule has 0 unspecified atom stereocenters. The molecule has 3 aromatic rings. The van der Waals surface area contributed by atoms with Crippen LogP contribution in [0.3, 0.4) is 0 Å². The lowest BCUT2D eigenvalue weighted by atomic mass is 9.98. The topological polar surface area (TPSA) is 57.7 Å². The Morgan fingerprint density at radius 1 is 0.771 bits per heavy atom. The summed E-state index contributed by atoms with van der Waals surface area (Å²) in [6.07, 6.45) is 4.22. The molecule has 1 fully saturated rings. The third kappa shape index (κ3) is 5.56. The summed E-state index contributed by atoms with van der Waals surface area (Å²) >= 11 is 0. The lowest BCUT2D eigenvalue weighted by molar-refractivity contribution is 0.0992.